The van der Waals surface area contributed by atoms with E-state index in [1.165, 1.54) is 6.33 Å². The molecule has 0 spiro atoms. The summed E-state index contributed by atoms with van der Waals surface area (Å²) in [5.41, 5.74) is 10.7. The van der Waals surface area contributed by atoms with Crippen molar-refractivity contribution < 1.29 is 8.83 Å². The molecule has 0 aliphatic heterocycles. The van der Waals surface area contributed by atoms with Crippen LogP contribution in [0.2, 0.25) is 0 Å². The quantitative estimate of drug-likeness (QED) is 0.167. The summed E-state index contributed by atoms with van der Waals surface area (Å²) in [5, 5.41) is 4.16. The molecule has 262 valence electrons. The highest BCUT2D eigenvalue weighted by molar-refractivity contribution is 6.23. The third-order valence-corrected chi connectivity index (χ3v) is 10.2. The number of nitrogens with zero attached hydrogens (tertiary/aromatic N) is 6. The summed E-state index contributed by atoms with van der Waals surface area (Å²) >= 11 is 0. The van der Waals surface area contributed by atoms with Gasteiger partial charge in [-0.3, -0.25) is 0 Å². The number of benzene rings is 7. The Morgan fingerprint density at radius 2 is 0.964 bits per heavy atom. The number of rotatable bonds is 6. The van der Waals surface area contributed by atoms with Gasteiger partial charge in [-0.1, -0.05) is 133 Å². The van der Waals surface area contributed by atoms with Crippen LogP contribution in [0.4, 0.5) is 0 Å². The predicted octanol–water partition coefficient (Wildman–Crippen LogP) is 11.9. The molecule has 0 saturated heterocycles. The van der Waals surface area contributed by atoms with Crippen molar-refractivity contribution in [1.29, 1.82) is 0 Å². The molecule has 4 heterocycles. The summed E-state index contributed by atoms with van der Waals surface area (Å²) in [6.45, 7) is 0. The second-order valence-corrected chi connectivity index (χ2v) is 13.5. The van der Waals surface area contributed by atoms with Gasteiger partial charge in [0.2, 0.25) is 5.89 Å². The highest BCUT2D eigenvalue weighted by Gasteiger charge is 2.21. The topological polar surface area (TPSA) is 104 Å². The van der Waals surface area contributed by atoms with Crippen molar-refractivity contribution in [2.75, 3.05) is 0 Å². The molecule has 0 saturated carbocycles. The summed E-state index contributed by atoms with van der Waals surface area (Å²) in [6, 6.07) is 53.3. The van der Waals surface area contributed by atoms with Gasteiger partial charge in [0.05, 0.1) is 5.39 Å². The average Bonchev–Trinajstić information content (AvgIpc) is 3.89. The number of aromatic nitrogens is 6. The van der Waals surface area contributed by atoms with E-state index in [9.17, 15) is 0 Å². The van der Waals surface area contributed by atoms with Gasteiger partial charge in [-0.2, -0.15) is 0 Å². The Labute approximate surface area is 319 Å². The van der Waals surface area contributed by atoms with E-state index in [4.69, 9.17) is 28.8 Å². The minimum absolute atomic E-state index is 0.436. The third-order valence-electron chi connectivity index (χ3n) is 10.2. The van der Waals surface area contributed by atoms with Crippen LogP contribution in [0.1, 0.15) is 0 Å². The Morgan fingerprint density at radius 3 is 1.64 bits per heavy atom. The smallest absolute Gasteiger partial charge is 0.246 e. The molecule has 8 heteroatoms. The van der Waals surface area contributed by atoms with Gasteiger partial charge < -0.3 is 8.83 Å². The van der Waals surface area contributed by atoms with E-state index < -0.39 is 0 Å². The lowest BCUT2D eigenvalue weighted by Gasteiger charge is -2.13. The molecular weight excluding hydrogens is 693 g/mol. The lowest BCUT2D eigenvalue weighted by molar-refractivity contribution is 0.616. The fourth-order valence-electron chi connectivity index (χ4n) is 7.57. The molecule has 11 rings (SSSR count). The molecule has 0 aliphatic rings. The van der Waals surface area contributed by atoms with Gasteiger partial charge in [0.25, 0.3) is 0 Å². The summed E-state index contributed by atoms with van der Waals surface area (Å²) in [5.74, 6) is 2.33. The van der Waals surface area contributed by atoms with Crippen molar-refractivity contribution in [3.63, 3.8) is 0 Å². The van der Waals surface area contributed by atoms with E-state index in [-0.39, 0.29) is 0 Å². The van der Waals surface area contributed by atoms with E-state index in [0.29, 0.717) is 34.6 Å². The third kappa shape index (κ3) is 5.31. The fourth-order valence-corrected chi connectivity index (χ4v) is 7.57. The van der Waals surface area contributed by atoms with Crippen molar-refractivity contribution >= 4 is 43.8 Å². The molecule has 8 nitrogen and oxygen atoms in total. The van der Waals surface area contributed by atoms with Crippen LogP contribution in [0.3, 0.4) is 0 Å². The highest BCUT2D eigenvalue weighted by Crippen LogP contribution is 2.44. The van der Waals surface area contributed by atoms with Crippen molar-refractivity contribution in [2.45, 2.75) is 0 Å². The van der Waals surface area contributed by atoms with Crippen LogP contribution in [-0.2, 0) is 0 Å². The number of oxazole rings is 1. The normalized spacial score (nSPS) is 11.6. The standard InChI is InChI=1S/C48H28N6O2/c1-3-10-30(11-4-1)45-52-46(31-12-5-2-6-13-31)54-47(53-45)32-20-18-29(19-21-32)33-22-23-36(35-15-8-7-14-34(33)35)37-16-9-17-39-42(37)43-40(55-39)24-25-41-44(43)51-48(56-41)38-26-27-49-28-50-38/h1-28H. The number of furan rings is 1. The molecule has 0 radical (unpaired) electrons. The van der Waals surface area contributed by atoms with Crippen LogP contribution in [0.5, 0.6) is 0 Å². The minimum Gasteiger partial charge on any atom is -0.456 e. The van der Waals surface area contributed by atoms with Crippen LogP contribution >= 0.6 is 0 Å². The molecule has 0 atom stereocenters. The highest BCUT2D eigenvalue weighted by atomic mass is 16.4. The van der Waals surface area contributed by atoms with Crippen molar-refractivity contribution in [3.8, 4) is 68.0 Å². The molecule has 0 fully saturated rings. The molecule has 0 amide bonds. The molecular formula is C48H28N6O2. The fraction of sp³-hybridized carbons (Fsp3) is 0. The first kappa shape index (κ1) is 31.7. The van der Waals surface area contributed by atoms with Crippen LogP contribution in [0.15, 0.2) is 179 Å². The molecule has 0 aliphatic carbocycles. The first-order valence-corrected chi connectivity index (χ1v) is 18.3. The molecule has 0 N–H and O–H groups in total. The zero-order valence-electron chi connectivity index (χ0n) is 29.7. The van der Waals surface area contributed by atoms with Crippen LogP contribution in [-0.4, -0.2) is 29.9 Å². The second-order valence-electron chi connectivity index (χ2n) is 13.5. The van der Waals surface area contributed by atoms with Crippen molar-refractivity contribution in [1.82, 2.24) is 29.9 Å². The number of fused-ring (bicyclic) bond motifs is 6. The Bertz CT molecular complexity index is 3180. The zero-order chi connectivity index (χ0) is 37.0. The first-order chi connectivity index (χ1) is 27.7. The molecule has 7 aromatic carbocycles. The van der Waals surface area contributed by atoms with E-state index in [0.717, 1.165) is 77.2 Å². The van der Waals surface area contributed by atoms with E-state index >= 15 is 0 Å². The van der Waals surface area contributed by atoms with E-state index in [2.05, 4.69) is 76.7 Å². The maximum atomic E-state index is 6.43. The number of hydrogen-bond acceptors (Lipinski definition) is 8. The maximum absolute atomic E-state index is 6.43. The van der Waals surface area contributed by atoms with Gasteiger partial charge in [0, 0.05) is 28.3 Å². The summed E-state index contributed by atoms with van der Waals surface area (Å²) < 4.78 is 12.6. The Balaban J connectivity index is 1.02. The SMILES string of the molecule is c1ccc(-c2nc(-c3ccccc3)nc(-c3ccc(-c4ccc(-c5cccc6oc7ccc8oc(-c9ccncn9)nc8c7c56)c5ccccc45)cc3)n2)cc1. The van der Waals surface area contributed by atoms with Crippen LogP contribution in [0, 0.1) is 0 Å². The molecule has 0 unspecified atom stereocenters. The number of hydrogen-bond donors (Lipinski definition) is 0. The van der Waals surface area contributed by atoms with Crippen molar-refractivity contribution in [3.05, 3.63) is 170 Å². The Hall–Kier alpha value is -7.84. The Morgan fingerprint density at radius 1 is 0.375 bits per heavy atom. The zero-order valence-corrected chi connectivity index (χ0v) is 29.7. The van der Waals surface area contributed by atoms with E-state index in [1.54, 1.807) is 12.3 Å². The monoisotopic (exact) mass is 720 g/mol. The van der Waals surface area contributed by atoms with E-state index in [1.807, 2.05) is 84.9 Å². The molecule has 4 aromatic heterocycles. The maximum Gasteiger partial charge on any atom is 0.246 e. The van der Waals surface area contributed by atoms with Gasteiger partial charge in [-0.25, -0.2) is 29.9 Å². The van der Waals surface area contributed by atoms with Gasteiger partial charge >= 0.3 is 0 Å². The summed E-state index contributed by atoms with van der Waals surface area (Å²) in [6.07, 6.45) is 3.17. The van der Waals surface area contributed by atoms with Gasteiger partial charge in [0.15, 0.2) is 23.1 Å². The largest absolute Gasteiger partial charge is 0.456 e. The lowest BCUT2D eigenvalue weighted by Crippen LogP contribution is -2.00. The van der Waals surface area contributed by atoms with Crippen molar-refractivity contribution in [2.24, 2.45) is 0 Å². The molecule has 56 heavy (non-hydrogen) atoms. The molecule has 11 aromatic rings. The predicted molar refractivity (Wildman–Crippen MR) is 220 cm³/mol. The molecule has 0 bridgehead atoms. The minimum atomic E-state index is 0.436. The second kappa shape index (κ2) is 12.9. The summed E-state index contributed by atoms with van der Waals surface area (Å²) in [4.78, 5) is 28.0. The Kier molecular flexibility index (Phi) is 7.31. The first-order valence-electron chi connectivity index (χ1n) is 18.3. The van der Waals surface area contributed by atoms with Crippen LogP contribution < -0.4 is 0 Å². The average molecular weight is 721 g/mol. The summed E-state index contributed by atoms with van der Waals surface area (Å²) in [7, 11) is 0. The lowest BCUT2D eigenvalue weighted by atomic mass is 9.90. The van der Waals surface area contributed by atoms with Gasteiger partial charge in [0.1, 0.15) is 28.7 Å². The van der Waals surface area contributed by atoms with Gasteiger partial charge in [-0.15, -0.1) is 0 Å². The van der Waals surface area contributed by atoms with Gasteiger partial charge in [-0.05, 0) is 57.3 Å². The van der Waals surface area contributed by atoms with Crippen LogP contribution in [0.25, 0.3) is 112 Å².